The molecule has 11 heteroatoms. The van der Waals surface area contributed by atoms with Crippen LogP contribution in [-0.2, 0) is 15.0 Å². The van der Waals surface area contributed by atoms with Gasteiger partial charge in [-0.1, -0.05) is 5.16 Å². The van der Waals surface area contributed by atoms with Crippen molar-refractivity contribution in [2.45, 2.75) is 64.3 Å². The third kappa shape index (κ3) is 3.91. The number of allylic oxidation sites excluding steroid dienone is 4. The zero-order valence-corrected chi connectivity index (χ0v) is 22.6. The molecule has 1 aromatic heterocycles. The lowest BCUT2D eigenvalue weighted by Gasteiger charge is -2.29. The molecule has 1 aromatic carbocycles. The average molecular weight is 540 g/mol. The molecule has 1 aliphatic heterocycles. The predicted octanol–water partition coefficient (Wildman–Crippen LogP) is 3.91. The lowest BCUT2D eigenvalue weighted by atomic mass is 9.70. The van der Waals surface area contributed by atoms with Gasteiger partial charge in [-0.2, -0.15) is 16.7 Å². The summed E-state index contributed by atoms with van der Waals surface area (Å²) in [4.78, 5) is 44.2. The Morgan fingerprint density at radius 1 is 1.26 bits per heavy atom. The lowest BCUT2D eigenvalue weighted by molar-refractivity contribution is -0.123. The van der Waals surface area contributed by atoms with Gasteiger partial charge in [0.2, 0.25) is 5.89 Å². The molecule has 10 nitrogen and oxygen atoms in total. The van der Waals surface area contributed by atoms with Crippen molar-refractivity contribution >= 4 is 29.1 Å². The van der Waals surface area contributed by atoms with Crippen molar-refractivity contribution in [3.05, 3.63) is 51.5 Å². The van der Waals surface area contributed by atoms with Crippen LogP contribution in [0.15, 0.2) is 27.6 Å². The number of thioether (sulfide) groups is 1. The van der Waals surface area contributed by atoms with Crippen LogP contribution < -0.4 is 10.1 Å². The molecule has 38 heavy (non-hydrogen) atoms. The number of aromatic nitrogens is 2. The first-order chi connectivity index (χ1) is 18.0. The summed E-state index contributed by atoms with van der Waals surface area (Å²) in [6.07, 6.45) is 5.85. The number of carbonyl (C=O) groups excluding carboxylic acids is 3. The van der Waals surface area contributed by atoms with Crippen LogP contribution in [0.5, 0.6) is 17.2 Å². The summed E-state index contributed by atoms with van der Waals surface area (Å²) in [7, 11) is 0. The molecule has 5 rings (SSSR count). The van der Waals surface area contributed by atoms with Gasteiger partial charge in [-0.25, -0.2) is 0 Å². The molecule has 3 N–H and O–H groups in total. The van der Waals surface area contributed by atoms with Crippen molar-refractivity contribution in [1.82, 2.24) is 15.5 Å². The van der Waals surface area contributed by atoms with Gasteiger partial charge in [-0.3, -0.25) is 14.4 Å². The highest BCUT2D eigenvalue weighted by molar-refractivity contribution is 7.98. The highest BCUT2D eigenvalue weighted by Gasteiger charge is 2.56. The maximum absolute atomic E-state index is 14.1. The normalized spacial score (nSPS) is 22.4. The Balaban J connectivity index is 1.57. The van der Waals surface area contributed by atoms with E-state index in [1.54, 1.807) is 18.7 Å². The number of nitrogens with one attached hydrogen (secondary N) is 1. The van der Waals surface area contributed by atoms with Crippen molar-refractivity contribution in [3.8, 4) is 17.2 Å². The van der Waals surface area contributed by atoms with E-state index >= 15 is 0 Å². The Morgan fingerprint density at radius 3 is 2.61 bits per heavy atom. The van der Waals surface area contributed by atoms with Gasteiger partial charge in [0.15, 0.2) is 23.2 Å². The number of nitrogens with zero attached hydrogens (tertiary/aromatic N) is 2. The van der Waals surface area contributed by atoms with E-state index < -0.39 is 34.6 Å². The monoisotopic (exact) mass is 539 g/mol. The van der Waals surface area contributed by atoms with Crippen LogP contribution in [0.4, 0.5) is 0 Å². The van der Waals surface area contributed by atoms with Gasteiger partial charge in [-0.05, 0) is 59.0 Å². The van der Waals surface area contributed by atoms with E-state index in [0.29, 0.717) is 29.8 Å². The van der Waals surface area contributed by atoms with Crippen LogP contribution in [0.3, 0.4) is 0 Å². The summed E-state index contributed by atoms with van der Waals surface area (Å²) in [5, 5.41) is 28.9. The second-order valence-electron chi connectivity index (χ2n) is 10.1. The molecule has 3 aliphatic rings. The van der Waals surface area contributed by atoms with E-state index in [2.05, 4.69) is 15.5 Å². The third-order valence-electron chi connectivity index (χ3n) is 7.46. The molecule has 2 aromatic rings. The van der Waals surface area contributed by atoms with Gasteiger partial charge in [0.25, 0.3) is 0 Å². The Kier molecular flexibility index (Phi) is 6.37. The fourth-order valence-electron chi connectivity index (χ4n) is 5.09. The zero-order valence-electron chi connectivity index (χ0n) is 21.8. The van der Waals surface area contributed by atoms with Crippen LogP contribution in [0, 0.1) is 6.92 Å². The summed E-state index contributed by atoms with van der Waals surface area (Å²) >= 11 is 1.64. The van der Waals surface area contributed by atoms with Crippen LogP contribution in [0.25, 0.3) is 0 Å². The van der Waals surface area contributed by atoms with Gasteiger partial charge >= 0.3 is 0 Å². The molecule has 2 heterocycles. The second kappa shape index (κ2) is 9.30. The zero-order chi connectivity index (χ0) is 27.5. The van der Waals surface area contributed by atoms with Crippen LogP contribution in [-0.4, -0.2) is 49.7 Å². The topological polar surface area (TPSA) is 152 Å². The third-order valence-corrected chi connectivity index (χ3v) is 8.10. The Labute approximate surface area is 223 Å². The van der Waals surface area contributed by atoms with Gasteiger partial charge < -0.3 is 24.8 Å². The standard InChI is InChI=1S/C27H29N3O7S/c1-11-21(33)19(13(3)31)23-20(22(11)34)27(4)17(36-23)10-16(32)18(24(27)35)12(2)28-15(8-9-38-5)26-29-25(30-37-26)14-6-7-14/h10,14-15,28,33-34H,6-9H2,1-5H3/b18-12+/t15?,27-/m1/s1. The van der Waals surface area contributed by atoms with Gasteiger partial charge in [0.1, 0.15) is 40.0 Å². The van der Waals surface area contributed by atoms with Gasteiger partial charge in [0.05, 0.1) is 11.1 Å². The van der Waals surface area contributed by atoms with Crippen molar-refractivity contribution in [2.75, 3.05) is 12.0 Å². The number of hydrogen-bond acceptors (Lipinski definition) is 11. The lowest BCUT2D eigenvalue weighted by Crippen LogP contribution is -2.41. The minimum absolute atomic E-state index is 0.00763. The summed E-state index contributed by atoms with van der Waals surface area (Å²) < 4.78 is 11.4. The molecule has 1 unspecified atom stereocenters. The molecule has 0 radical (unpaired) electrons. The van der Waals surface area contributed by atoms with E-state index in [-0.39, 0.29) is 39.5 Å². The molecule has 0 bridgehead atoms. The van der Waals surface area contributed by atoms with Crippen LogP contribution in [0.2, 0.25) is 0 Å². The second-order valence-corrected chi connectivity index (χ2v) is 11.1. The van der Waals surface area contributed by atoms with E-state index in [0.717, 1.165) is 18.6 Å². The minimum Gasteiger partial charge on any atom is -0.507 e. The van der Waals surface area contributed by atoms with Gasteiger partial charge in [-0.15, -0.1) is 0 Å². The largest absolute Gasteiger partial charge is 0.507 e. The Morgan fingerprint density at radius 2 is 1.97 bits per heavy atom. The van der Waals surface area contributed by atoms with E-state index in [1.165, 1.54) is 26.8 Å². The van der Waals surface area contributed by atoms with Crippen molar-refractivity contribution in [2.24, 2.45) is 0 Å². The van der Waals surface area contributed by atoms with E-state index in [9.17, 15) is 24.6 Å². The summed E-state index contributed by atoms with van der Waals surface area (Å²) in [6, 6.07) is -0.419. The number of aromatic hydroxyl groups is 2. The summed E-state index contributed by atoms with van der Waals surface area (Å²) in [5.74, 6) is -0.425. The number of benzene rings is 1. The number of Topliss-reactive ketones (excluding diaryl/α,β-unsaturated/α-hetero) is 2. The fourth-order valence-corrected chi connectivity index (χ4v) is 5.56. The Hall–Kier alpha value is -3.60. The predicted molar refractivity (Wildman–Crippen MR) is 138 cm³/mol. The number of hydrogen-bond donors (Lipinski definition) is 3. The summed E-state index contributed by atoms with van der Waals surface area (Å²) in [6.45, 7) is 5.87. The Bertz CT molecular complexity index is 1450. The summed E-state index contributed by atoms with van der Waals surface area (Å²) in [5.41, 5.74) is -1.40. The van der Waals surface area contributed by atoms with E-state index in [4.69, 9.17) is 9.26 Å². The molecular weight excluding hydrogens is 510 g/mol. The number of carbonyl (C=O) groups is 3. The maximum atomic E-state index is 14.1. The highest BCUT2D eigenvalue weighted by Crippen LogP contribution is 2.57. The number of fused-ring (bicyclic) bond motifs is 3. The van der Waals surface area contributed by atoms with Gasteiger partial charge in [0, 0.05) is 23.3 Å². The first-order valence-electron chi connectivity index (χ1n) is 12.4. The first-order valence-corrected chi connectivity index (χ1v) is 13.8. The average Bonchev–Trinajstić information content (AvgIpc) is 3.51. The van der Waals surface area contributed by atoms with Crippen molar-refractivity contribution in [3.63, 3.8) is 0 Å². The molecular formula is C27H29N3O7S. The fraction of sp³-hybridized carbons (Fsp3) is 0.444. The maximum Gasteiger partial charge on any atom is 0.249 e. The van der Waals surface area contributed by atoms with Crippen LogP contribution in [0.1, 0.15) is 85.2 Å². The highest BCUT2D eigenvalue weighted by atomic mass is 32.2. The number of rotatable bonds is 8. The number of ether oxygens (including phenoxy) is 1. The number of ketones is 3. The molecule has 0 saturated heterocycles. The van der Waals surface area contributed by atoms with Crippen molar-refractivity contribution < 1.29 is 33.9 Å². The number of phenols is 2. The van der Waals surface area contributed by atoms with Crippen LogP contribution >= 0.6 is 11.8 Å². The SMILES string of the molecule is CSCCC(N/C(C)=C1\C(=O)C=C2Oc3c(C(C)=O)c(O)c(C)c(O)c3[C@]2(C)C1=O)c1nc(C2CC2)no1. The van der Waals surface area contributed by atoms with Crippen molar-refractivity contribution in [1.29, 1.82) is 0 Å². The first kappa shape index (κ1) is 26.0. The molecule has 2 aliphatic carbocycles. The minimum atomic E-state index is -1.58. The quantitative estimate of drug-likeness (QED) is 0.254. The smallest absolute Gasteiger partial charge is 0.249 e. The molecule has 2 atom stereocenters. The molecule has 0 amide bonds. The number of phenolic OH excluding ortho intramolecular Hbond substituents is 2. The molecule has 0 spiro atoms. The molecule has 1 fully saturated rings. The van der Waals surface area contributed by atoms with E-state index in [1.807, 2.05) is 6.26 Å². The molecule has 200 valence electrons. The molecule has 1 saturated carbocycles.